The summed E-state index contributed by atoms with van der Waals surface area (Å²) in [6.07, 6.45) is -9.48. The molecule has 4 heterocycles. The molecular weight excluding hydrogens is 518 g/mol. The van der Waals surface area contributed by atoms with E-state index in [0.29, 0.717) is 17.5 Å². The predicted molar refractivity (Wildman–Crippen MR) is 124 cm³/mol. The molecule has 0 spiro atoms. The number of nitrogens with two attached hydrogens (primary N) is 1. The number of thioether (sulfide) groups is 1. The van der Waals surface area contributed by atoms with Crippen LogP contribution in [-0.4, -0.2) is 103 Å². The first-order valence-electron chi connectivity index (χ1n) is 11.0. The Morgan fingerprint density at radius 1 is 1.32 bits per heavy atom. The molecule has 37 heavy (non-hydrogen) atoms. The number of aliphatic hydroxyl groups is 4. The van der Waals surface area contributed by atoms with Gasteiger partial charge in [-0.1, -0.05) is 11.8 Å². The van der Waals surface area contributed by atoms with Crippen LogP contribution in [-0.2, 0) is 23.8 Å². The first kappa shape index (κ1) is 27.0. The normalized spacial score (nSPS) is 32.3. The SMILES string of the molecule is NC(=O)[C@H](O[C@H]1OC(C(=O)NC2=NCCS2)=C[C@H](O)[C@@H]1O)[C@H]1O[C@@H](n2ccc(=O)[nH]c2=O)[C@H](O)[C@@H]1CO. The molecule has 1 aromatic rings. The van der Waals surface area contributed by atoms with Crippen LogP contribution in [0.4, 0.5) is 0 Å². The predicted octanol–water partition coefficient (Wildman–Crippen LogP) is -4.55. The zero-order valence-electron chi connectivity index (χ0n) is 19.0. The number of aromatic nitrogens is 2. The minimum absolute atomic E-state index is 0.338. The van der Waals surface area contributed by atoms with Crippen LogP contribution >= 0.6 is 11.8 Å². The summed E-state index contributed by atoms with van der Waals surface area (Å²) in [6.45, 7) is -0.226. The molecule has 1 saturated heterocycles. The molecule has 3 aliphatic rings. The van der Waals surface area contributed by atoms with Crippen LogP contribution in [0.3, 0.4) is 0 Å². The number of nitrogens with one attached hydrogen (secondary N) is 2. The molecule has 0 radical (unpaired) electrons. The van der Waals surface area contributed by atoms with Crippen molar-refractivity contribution >= 4 is 28.7 Å². The Kier molecular flexibility index (Phi) is 8.12. The van der Waals surface area contributed by atoms with Gasteiger partial charge in [0.1, 0.15) is 24.4 Å². The molecule has 202 valence electrons. The first-order chi connectivity index (χ1) is 17.6. The molecule has 16 nitrogen and oxygen atoms in total. The number of rotatable bonds is 7. The number of nitrogens with zero attached hydrogens (tertiary/aromatic N) is 2. The Bertz CT molecular complexity index is 1220. The van der Waals surface area contributed by atoms with Gasteiger partial charge >= 0.3 is 5.69 Å². The maximum absolute atomic E-state index is 12.5. The highest BCUT2D eigenvalue weighted by Gasteiger charge is 2.51. The van der Waals surface area contributed by atoms with E-state index in [4.69, 9.17) is 19.9 Å². The van der Waals surface area contributed by atoms with Crippen LogP contribution in [0.2, 0.25) is 0 Å². The number of hydrogen-bond donors (Lipinski definition) is 7. The number of amidine groups is 1. The Balaban J connectivity index is 1.54. The van der Waals surface area contributed by atoms with Crippen LogP contribution in [0, 0.1) is 5.92 Å². The third-order valence-electron chi connectivity index (χ3n) is 5.87. The molecule has 0 aromatic carbocycles. The van der Waals surface area contributed by atoms with Crippen LogP contribution in [0.15, 0.2) is 38.7 Å². The molecule has 0 aliphatic carbocycles. The average molecular weight is 544 g/mol. The van der Waals surface area contributed by atoms with Gasteiger partial charge < -0.3 is 40.4 Å². The number of carbonyl (C=O) groups excluding carboxylic acids is 2. The smallest absolute Gasteiger partial charge is 0.330 e. The van der Waals surface area contributed by atoms with Gasteiger partial charge in [0.25, 0.3) is 11.5 Å². The molecule has 1 aromatic heterocycles. The lowest BCUT2D eigenvalue weighted by atomic mass is 9.94. The first-order valence-corrected chi connectivity index (χ1v) is 12.0. The quantitative estimate of drug-likeness (QED) is 0.172. The van der Waals surface area contributed by atoms with Crippen molar-refractivity contribution in [1.82, 2.24) is 14.9 Å². The monoisotopic (exact) mass is 543 g/mol. The van der Waals surface area contributed by atoms with E-state index in [1.54, 1.807) is 0 Å². The summed E-state index contributed by atoms with van der Waals surface area (Å²) in [4.78, 5) is 54.5. The summed E-state index contributed by atoms with van der Waals surface area (Å²) >= 11 is 1.29. The standard InChI is InChI=1S/C20H25N5O11S/c21-15(31)14(13-7(6-26)11(29)17(35-13)25-3-1-10(28)23-20(25)33)36-18-12(30)8(27)5-9(34-18)16(32)24-19-22-2-4-37-19/h1,3,5,7-8,11-14,17-18,26-27,29-30H,2,4,6H2,(H2,21,31)(H,22,24,32)(H,23,28,33)/t7-,8-,11+,12-,13-,14+,17+,18+/m0/s1. The van der Waals surface area contributed by atoms with Gasteiger partial charge in [0, 0.05) is 23.9 Å². The lowest BCUT2D eigenvalue weighted by Crippen LogP contribution is -2.53. The molecular formula is C20H25N5O11S. The van der Waals surface area contributed by atoms with Crippen molar-refractivity contribution in [3.05, 3.63) is 44.9 Å². The van der Waals surface area contributed by atoms with Crippen molar-refractivity contribution in [2.75, 3.05) is 18.9 Å². The number of hydrogen-bond acceptors (Lipinski definition) is 13. The summed E-state index contributed by atoms with van der Waals surface area (Å²) in [6, 6.07) is 1.00. The molecule has 1 fully saturated rings. The van der Waals surface area contributed by atoms with E-state index in [1.807, 2.05) is 4.98 Å². The Hall–Kier alpha value is -3.06. The van der Waals surface area contributed by atoms with E-state index in [0.717, 1.165) is 22.9 Å². The topological polar surface area (TPSA) is 248 Å². The minimum Gasteiger partial charge on any atom is -0.456 e. The summed E-state index contributed by atoms with van der Waals surface area (Å²) in [5, 5.41) is 44.0. The summed E-state index contributed by atoms with van der Waals surface area (Å²) < 4.78 is 17.4. The van der Waals surface area contributed by atoms with Gasteiger partial charge in [-0.2, -0.15) is 0 Å². The highest BCUT2D eigenvalue weighted by atomic mass is 32.2. The molecule has 17 heteroatoms. The summed E-state index contributed by atoms with van der Waals surface area (Å²) in [7, 11) is 0. The molecule has 4 rings (SSSR count). The maximum Gasteiger partial charge on any atom is 0.330 e. The molecule has 0 saturated carbocycles. The zero-order valence-corrected chi connectivity index (χ0v) is 19.8. The van der Waals surface area contributed by atoms with Crippen molar-refractivity contribution in [3.63, 3.8) is 0 Å². The summed E-state index contributed by atoms with van der Waals surface area (Å²) in [5.41, 5.74) is 3.85. The van der Waals surface area contributed by atoms with Gasteiger partial charge in [0.15, 0.2) is 23.3 Å². The molecule has 3 aliphatic heterocycles. The van der Waals surface area contributed by atoms with E-state index >= 15 is 0 Å². The van der Waals surface area contributed by atoms with E-state index in [2.05, 4.69) is 10.3 Å². The number of amides is 2. The number of H-pyrrole nitrogens is 1. The molecule has 8 atom stereocenters. The Morgan fingerprint density at radius 3 is 2.70 bits per heavy atom. The highest BCUT2D eigenvalue weighted by molar-refractivity contribution is 8.14. The second-order valence-electron chi connectivity index (χ2n) is 8.29. The second kappa shape index (κ2) is 11.1. The van der Waals surface area contributed by atoms with Crippen molar-refractivity contribution in [2.24, 2.45) is 16.6 Å². The minimum atomic E-state index is -1.80. The lowest BCUT2D eigenvalue weighted by Gasteiger charge is -2.35. The fourth-order valence-electron chi connectivity index (χ4n) is 4.02. The lowest BCUT2D eigenvalue weighted by molar-refractivity contribution is -0.239. The number of primary amides is 1. The number of carbonyl (C=O) groups is 2. The maximum atomic E-state index is 12.5. The Morgan fingerprint density at radius 2 is 2.08 bits per heavy atom. The van der Waals surface area contributed by atoms with Gasteiger partial charge in [0.2, 0.25) is 12.2 Å². The van der Waals surface area contributed by atoms with Crippen molar-refractivity contribution in [2.45, 2.75) is 43.0 Å². The van der Waals surface area contributed by atoms with Gasteiger partial charge in [-0.05, 0) is 6.08 Å². The highest BCUT2D eigenvalue weighted by Crippen LogP contribution is 2.36. The third kappa shape index (κ3) is 5.61. The Labute approximate surface area is 211 Å². The fourth-order valence-corrected chi connectivity index (χ4v) is 4.74. The van der Waals surface area contributed by atoms with Crippen molar-refractivity contribution in [3.8, 4) is 0 Å². The van der Waals surface area contributed by atoms with Crippen molar-refractivity contribution in [1.29, 1.82) is 0 Å². The van der Waals surface area contributed by atoms with Crippen LogP contribution < -0.4 is 22.3 Å². The number of aromatic amines is 1. The van der Waals surface area contributed by atoms with Gasteiger partial charge in [-0.15, -0.1) is 0 Å². The fraction of sp³-hybridized carbons (Fsp3) is 0.550. The van der Waals surface area contributed by atoms with E-state index in [1.165, 1.54) is 11.8 Å². The molecule has 8 N–H and O–H groups in total. The zero-order chi connectivity index (χ0) is 26.9. The van der Waals surface area contributed by atoms with Gasteiger partial charge in [-0.25, -0.2) is 4.79 Å². The van der Waals surface area contributed by atoms with Crippen LogP contribution in [0.1, 0.15) is 6.23 Å². The number of ether oxygens (including phenoxy) is 3. The van der Waals surface area contributed by atoms with Crippen molar-refractivity contribution < 1.29 is 44.2 Å². The molecule has 0 unspecified atom stereocenters. The molecule has 2 amide bonds. The number of aliphatic imine (C=N–C) groups is 1. The van der Waals surface area contributed by atoms with E-state index in [-0.39, 0.29) is 0 Å². The van der Waals surface area contributed by atoms with E-state index < -0.39 is 84.4 Å². The van der Waals surface area contributed by atoms with Crippen LogP contribution in [0.5, 0.6) is 0 Å². The summed E-state index contributed by atoms with van der Waals surface area (Å²) in [5.74, 6) is -2.92. The van der Waals surface area contributed by atoms with Gasteiger partial charge in [-0.3, -0.25) is 34.2 Å². The second-order valence-corrected chi connectivity index (χ2v) is 9.38. The van der Waals surface area contributed by atoms with E-state index in [9.17, 15) is 39.6 Å². The van der Waals surface area contributed by atoms with Gasteiger partial charge in [0.05, 0.1) is 13.2 Å². The average Bonchev–Trinajstić information content (AvgIpc) is 3.47. The number of aliphatic hydroxyl groups excluding tert-OH is 4. The largest absolute Gasteiger partial charge is 0.456 e. The van der Waals surface area contributed by atoms with Crippen LogP contribution in [0.25, 0.3) is 0 Å². The molecule has 0 bridgehead atoms. The third-order valence-corrected chi connectivity index (χ3v) is 6.76.